The van der Waals surface area contributed by atoms with E-state index in [1.165, 1.54) is 5.56 Å². The third-order valence-corrected chi connectivity index (χ3v) is 8.29. The third-order valence-electron chi connectivity index (χ3n) is 7.84. The van der Waals surface area contributed by atoms with Crippen molar-refractivity contribution in [1.82, 2.24) is 0 Å². The monoisotopic (exact) mass is 436 g/mol. The van der Waals surface area contributed by atoms with Crippen molar-refractivity contribution in [2.24, 2.45) is 17.3 Å². The lowest BCUT2D eigenvalue weighted by atomic mass is 9.55. The van der Waals surface area contributed by atoms with E-state index in [0.29, 0.717) is 24.2 Å². The van der Waals surface area contributed by atoms with E-state index in [4.69, 9.17) is 19.0 Å². The number of esters is 1. The molecule has 2 N–H and O–H groups in total. The van der Waals surface area contributed by atoms with Gasteiger partial charge in [-0.1, -0.05) is 26.3 Å². The van der Waals surface area contributed by atoms with Crippen molar-refractivity contribution in [3.63, 3.8) is 0 Å². The first kappa shape index (κ1) is 21.9. The summed E-state index contributed by atoms with van der Waals surface area (Å²) in [5, 5.41) is 0. The van der Waals surface area contributed by atoms with Crippen molar-refractivity contribution in [2.75, 3.05) is 0 Å². The Morgan fingerprint density at radius 3 is 2.77 bits per heavy atom. The van der Waals surface area contributed by atoms with Gasteiger partial charge in [0.05, 0.1) is 0 Å². The molecule has 0 spiro atoms. The fourth-order valence-electron chi connectivity index (χ4n) is 6.44. The van der Waals surface area contributed by atoms with E-state index in [9.17, 15) is 9.36 Å². The van der Waals surface area contributed by atoms with Gasteiger partial charge in [-0.15, -0.1) is 0 Å². The molecule has 5 atom stereocenters. The van der Waals surface area contributed by atoms with Gasteiger partial charge in [0.25, 0.3) is 0 Å². The molecule has 4 rings (SSSR count). The van der Waals surface area contributed by atoms with Gasteiger partial charge in [-0.25, -0.2) is 4.57 Å². The van der Waals surface area contributed by atoms with Gasteiger partial charge in [0, 0.05) is 11.8 Å². The molecular formula is C23H33O6P. The summed E-state index contributed by atoms with van der Waals surface area (Å²) in [4.78, 5) is 30.4. The van der Waals surface area contributed by atoms with Crippen LogP contribution in [0.1, 0.15) is 82.3 Å². The van der Waals surface area contributed by atoms with Gasteiger partial charge in [-0.05, 0) is 86.0 Å². The van der Waals surface area contributed by atoms with Gasteiger partial charge in [-0.2, -0.15) is 0 Å². The van der Waals surface area contributed by atoms with Crippen molar-refractivity contribution in [3.05, 3.63) is 29.3 Å². The summed E-state index contributed by atoms with van der Waals surface area (Å²) in [7, 11) is -4.54. The smallest absolute Gasteiger partial charge is 0.462 e. The van der Waals surface area contributed by atoms with Crippen LogP contribution in [0.25, 0.3) is 0 Å². The highest BCUT2D eigenvalue weighted by Gasteiger charge is 2.56. The van der Waals surface area contributed by atoms with Crippen LogP contribution in [0.3, 0.4) is 0 Å². The van der Waals surface area contributed by atoms with Crippen molar-refractivity contribution in [2.45, 2.75) is 83.7 Å². The summed E-state index contributed by atoms with van der Waals surface area (Å²) in [6.07, 6.45) is 8.58. The quantitative estimate of drug-likeness (QED) is 0.475. The number of fused-ring (bicyclic) bond motifs is 5. The number of hydrogen-bond acceptors (Lipinski definition) is 4. The zero-order chi connectivity index (χ0) is 21.5. The molecule has 0 amide bonds. The number of phosphoric acid groups is 1. The maximum atomic E-state index is 12.3. The molecule has 0 bridgehead atoms. The average molecular weight is 436 g/mol. The van der Waals surface area contributed by atoms with Crippen molar-refractivity contribution < 1.29 is 28.4 Å². The molecule has 1 aromatic carbocycles. The van der Waals surface area contributed by atoms with Crippen LogP contribution >= 0.6 is 7.82 Å². The second-order valence-corrected chi connectivity index (χ2v) is 10.7. The lowest BCUT2D eigenvalue weighted by molar-refractivity contribution is -0.157. The number of benzene rings is 1. The van der Waals surface area contributed by atoms with Crippen LogP contribution in [0.15, 0.2) is 18.2 Å². The largest absolute Gasteiger partial charge is 0.524 e. The molecule has 30 heavy (non-hydrogen) atoms. The van der Waals surface area contributed by atoms with Crippen LogP contribution < -0.4 is 4.52 Å². The summed E-state index contributed by atoms with van der Waals surface area (Å²) >= 11 is 0. The number of unbranched alkanes of at least 4 members (excludes halogenated alkanes) is 1. The Bertz CT molecular complexity index is 848. The highest BCUT2D eigenvalue weighted by Crippen LogP contribution is 2.61. The maximum absolute atomic E-state index is 12.3. The molecule has 3 aliphatic rings. The molecule has 0 saturated heterocycles. The van der Waals surface area contributed by atoms with Gasteiger partial charge >= 0.3 is 13.8 Å². The fourth-order valence-corrected chi connectivity index (χ4v) is 6.83. The molecule has 7 heteroatoms. The van der Waals surface area contributed by atoms with Crippen LogP contribution in [0.5, 0.6) is 5.75 Å². The number of carbonyl (C=O) groups excluding carboxylic acids is 1. The zero-order valence-electron chi connectivity index (χ0n) is 17.9. The van der Waals surface area contributed by atoms with E-state index < -0.39 is 7.82 Å². The first-order valence-corrected chi connectivity index (χ1v) is 12.8. The Labute approximate surface area is 178 Å². The Hall–Kier alpha value is -1.36. The number of carbonyl (C=O) groups is 1. The van der Waals surface area contributed by atoms with Gasteiger partial charge < -0.3 is 9.26 Å². The van der Waals surface area contributed by atoms with Crippen LogP contribution in [-0.4, -0.2) is 21.9 Å². The van der Waals surface area contributed by atoms with Crippen molar-refractivity contribution in [1.29, 1.82) is 0 Å². The maximum Gasteiger partial charge on any atom is 0.524 e. The summed E-state index contributed by atoms with van der Waals surface area (Å²) in [5.74, 6) is 1.78. The van der Waals surface area contributed by atoms with Crippen LogP contribution in [0, 0.1) is 17.3 Å². The molecule has 0 radical (unpaired) electrons. The summed E-state index contributed by atoms with van der Waals surface area (Å²) in [6, 6.07) is 5.48. The Morgan fingerprint density at radius 2 is 2.03 bits per heavy atom. The molecule has 3 aliphatic carbocycles. The predicted molar refractivity (Wildman–Crippen MR) is 113 cm³/mol. The Balaban J connectivity index is 1.49. The van der Waals surface area contributed by atoms with E-state index in [-0.39, 0.29) is 23.2 Å². The molecule has 0 aliphatic heterocycles. The van der Waals surface area contributed by atoms with Crippen LogP contribution in [0.4, 0.5) is 0 Å². The highest BCUT2D eigenvalue weighted by molar-refractivity contribution is 7.46. The Kier molecular flexibility index (Phi) is 6.04. The minimum absolute atomic E-state index is 0.0354. The number of ether oxygens (including phenoxy) is 1. The molecule has 2 fully saturated rings. The summed E-state index contributed by atoms with van der Waals surface area (Å²) < 4.78 is 21.9. The highest BCUT2D eigenvalue weighted by atomic mass is 31.2. The molecule has 1 unspecified atom stereocenters. The van der Waals surface area contributed by atoms with Gasteiger partial charge in [0.2, 0.25) is 0 Å². The first-order valence-electron chi connectivity index (χ1n) is 11.3. The number of rotatable bonds is 6. The van der Waals surface area contributed by atoms with Crippen molar-refractivity contribution in [3.8, 4) is 5.75 Å². The topological polar surface area (TPSA) is 93.1 Å². The van der Waals surface area contributed by atoms with Crippen LogP contribution in [0.2, 0.25) is 0 Å². The fraction of sp³-hybridized carbons (Fsp3) is 0.696. The molecule has 2 saturated carbocycles. The summed E-state index contributed by atoms with van der Waals surface area (Å²) in [5.41, 5.74) is 2.50. The molecule has 1 aromatic rings. The summed E-state index contributed by atoms with van der Waals surface area (Å²) in [6.45, 7) is 4.41. The van der Waals surface area contributed by atoms with Crippen molar-refractivity contribution >= 4 is 13.8 Å². The predicted octanol–water partition coefficient (Wildman–Crippen LogP) is 5.12. The van der Waals surface area contributed by atoms with Gasteiger partial charge in [-0.3, -0.25) is 14.6 Å². The lowest BCUT2D eigenvalue weighted by Crippen LogP contribution is -2.45. The minimum Gasteiger partial charge on any atom is -0.462 e. The van der Waals surface area contributed by atoms with Gasteiger partial charge in [0.1, 0.15) is 11.9 Å². The van der Waals surface area contributed by atoms with E-state index in [1.807, 2.05) is 6.07 Å². The number of hydrogen-bond donors (Lipinski definition) is 2. The molecule has 6 nitrogen and oxygen atoms in total. The van der Waals surface area contributed by atoms with Crippen LogP contribution in [-0.2, 0) is 20.5 Å². The number of phosphoric ester groups is 1. The zero-order valence-corrected chi connectivity index (χ0v) is 18.8. The second kappa shape index (κ2) is 8.29. The van der Waals surface area contributed by atoms with E-state index in [1.54, 1.807) is 12.1 Å². The minimum atomic E-state index is -4.54. The molecule has 166 valence electrons. The SMILES string of the molecule is CCCCC(=O)OC1CC[C@H]2[C@@H]3CCc4cc(OP(=O)(O)O)ccc4[C@H]3CC[C@]12C. The normalized spacial score (nSPS) is 32.7. The average Bonchev–Trinajstić information content (AvgIpc) is 3.01. The second-order valence-electron chi connectivity index (χ2n) is 9.56. The standard InChI is InChI=1S/C23H33O6P/c1-3-4-5-22(24)28-21-11-10-20-19-8-6-15-14-16(29-30(25,26)27)7-9-17(15)18(19)12-13-23(20,21)2/h7,9,14,18-21H,3-6,8,10-13H2,1-2H3,(H2,25,26,27)/t18-,19-,20+,21?,23+/m1/s1. The first-order chi connectivity index (χ1) is 14.2. The molecular weight excluding hydrogens is 403 g/mol. The Morgan fingerprint density at radius 1 is 1.23 bits per heavy atom. The molecule has 0 heterocycles. The van der Waals surface area contributed by atoms with Gasteiger partial charge in [0.15, 0.2) is 0 Å². The number of aryl methyl sites for hydroxylation is 1. The van der Waals surface area contributed by atoms with E-state index in [0.717, 1.165) is 56.9 Å². The lowest BCUT2D eigenvalue weighted by Gasteiger charge is -2.50. The van der Waals surface area contributed by atoms with E-state index in [2.05, 4.69) is 13.8 Å². The third kappa shape index (κ3) is 4.19. The van der Waals surface area contributed by atoms with E-state index >= 15 is 0 Å². The molecule has 0 aromatic heterocycles.